The van der Waals surface area contributed by atoms with E-state index < -0.39 is 29.0 Å². The van der Waals surface area contributed by atoms with Crippen LogP contribution < -0.4 is 0 Å². The van der Waals surface area contributed by atoms with Gasteiger partial charge in [-0.15, -0.1) is 11.8 Å². The quantitative estimate of drug-likeness (QED) is 0.544. The number of thioether (sulfide) groups is 1. The first-order valence-electron chi connectivity index (χ1n) is 4.96. The highest BCUT2D eigenvalue weighted by Gasteiger charge is 2.40. The molecule has 0 fully saturated rings. The maximum Gasteiger partial charge on any atom is 0.416 e. The van der Waals surface area contributed by atoms with Gasteiger partial charge in [0.15, 0.2) is 0 Å². The molecular weight excluding hydrogens is 278 g/mol. The highest BCUT2D eigenvalue weighted by atomic mass is 32.2. The summed E-state index contributed by atoms with van der Waals surface area (Å²) in [4.78, 5) is -0.0492. The van der Waals surface area contributed by atoms with Crippen LogP contribution in [0.3, 0.4) is 0 Å². The average molecular weight is 288 g/mol. The lowest BCUT2D eigenvalue weighted by molar-refractivity contribution is -0.144. The van der Waals surface area contributed by atoms with Gasteiger partial charge in [0.05, 0.1) is 11.1 Å². The maximum absolute atomic E-state index is 12.7. The number of benzene rings is 1. The van der Waals surface area contributed by atoms with Crippen molar-refractivity contribution in [1.29, 1.82) is 0 Å². The Labute approximate surface area is 104 Å². The Morgan fingerprint density at radius 3 is 1.56 bits per heavy atom. The summed E-state index contributed by atoms with van der Waals surface area (Å²) in [6.07, 6.45) is -8.45. The predicted molar refractivity (Wildman–Crippen MR) is 57.6 cm³/mol. The molecule has 0 aromatic heterocycles. The van der Waals surface area contributed by atoms with E-state index in [-0.39, 0.29) is 11.3 Å². The van der Waals surface area contributed by atoms with Gasteiger partial charge in [0.1, 0.15) is 0 Å². The molecule has 0 radical (unpaired) electrons. The first-order chi connectivity index (χ1) is 8.11. The third-order valence-electron chi connectivity index (χ3n) is 2.42. The maximum atomic E-state index is 12.7. The van der Waals surface area contributed by atoms with Crippen LogP contribution in [-0.2, 0) is 18.8 Å². The molecule has 0 aliphatic heterocycles. The van der Waals surface area contributed by atoms with Gasteiger partial charge in [-0.25, -0.2) is 0 Å². The van der Waals surface area contributed by atoms with E-state index in [1.165, 1.54) is 13.2 Å². The van der Waals surface area contributed by atoms with E-state index in [1.54, 1.807) is 0 Å². The number of rotatable bonds is 2. The zero-order chi connectivity index (χ0) is 14.1. The fourth-order valence-corrected chi connectivity index (χ4v) is 2.12. The monoisotopic (exact) mass is 288 g/mol. The normalized spacial score (nSPS) is 12.9. The Balaban J connectivity index is 3.61. The molecule has 0 aliphatic carbocycles. The Hall–Kier alpha value is -0.850. The first kappa shape index (κ1) is 15.2. The third kappa shape index (κ3) is 3.13. The van der Waals surface area contributed by atoms with Gasteiger partial charge in [0.25, 0.3) is 0 Å². The highest BCUT2D eigenvalue weighted by Crippen LogP contribution is 2.41. The van der Waals surface area contributed by atoms with Gasteiger partial charge in [-0.2, -0.15) is 26.3 Å². The summed E-state index contributed by atoms with van der Waals surface area (Å²) < 4.78 is 76.5. The minimum absolute atomic E-state index is 0.0492. The van der Waals surface area contributed by atoms with E-state index in [0.29, 0.717) is 0 Å². The van der Waals surface area contributed by atoms with Gasteiger partial charge in [-0.05, 0) is 30.4 Å². The molecule has 1 aromatic carbocycles. The summed E-state index contributed by atoms with van der Waals surface area (Å²) in [5.74, 6) is 0. The molecule has 7 heteroatoms. The Bertz CT molecular complexity index is 397. The second-order valence-corrected chi connectivity index (χ2v) is 4.43. The van der Waals surface area contributed by atoms with E-state index in [4.69, 9.17) is 0 Å². The SMILES string of the molecule is CCc1c(C(F)(F)F)cc(SC)cc1C(F)(F)F. The summed E-state index contributed by atoms with van der Waals surface area (Å²) in [6, 6.07) is 1.53. The van der Waals surface area contributed by atoms with Crippen LogP contribution in [0.15, 0.2) is 17.0 Å². The molecule has 0 saturated carbocycles. The summed E-state index contributed by atoms with van der Waals surface area (Å²) in [6.45, 7) is 1.28. The summed E-state index contributed by atoms with van der Waals surface area (Å²) >= 11 is 0.849. The molecule has 0 heterocycles. The Kier molecular flexibility index (Phi) is 4.25. The molecule has 0 aliphatic rings. The van der Waals surface area contributed by atoms with Gasteiger partial charge in [0.2, 0.25) is 0 Å². The second-order valence-electron chi connectivity index (χ2n) is 3.55. The molecular formula is C11H10F6S. The molecule has 0 spiro atoms. The van der Waals surface area contributed by atoms with Crippen molar-refractivity contribution in [3.05, 3.63) is 28.8 Å². The lowest BCUT2D eigenvalue weighted by Gasteiger charge is -2.19. The molecule has 0 unspecified atom stereocenters. The molecule has 0 N–H and O–H groups in total. The van der Waals surface area contributed by atoms with Gasteiger partial charge in [0, 0.05) is 4.90 Å². The van der Waals surface area contributed by atoms with Crippen molar-refractivity contribution in [2.24, 2.45) is 0 Å². The fraction of sp³-hybridized carbons (Fsp3) is 0.455. The van der Waals surface area contributed by atoms with Crippen LogP contribution in [0.25, 0.3) is 0 Å². The van der Waals surface area contributed by atoms with E-state index in [0.717, 1.165) is 23.9 Å². The van der Waals surface area contributed by atoms with Gasteiger partial charge in [-0.3, -0.25) is 0 Å². The zero-order valence-corrected chi connectivity index (χ0v) is 10.4. The van der Waals surface area contributed by atoms with E-state index in [2.05, 4.69) is 0 Å². The van der Waals surface area contributed by atoms with Crippen LogP contribution in [0, 0.1) is 0 Å². The molecule has 0 bridgehead atoms. The Morgan fingerprint density at radius 2 is 1.33 bits per heavy atom. The number of hydrogen-bond acceptors (Lipinski definition) is 1. The molecule has 18 heavy (non-hydrogen) atoms. The molecule has 0 saturated heterocycles. The summed E-state index contributed by atoms with van der Waals surface area (Å²) in [5, 5.41) is 0. The molecule has 0 nitrogen and oxygen atoms in total. The second kappa shape index (κ2) is 5.03. The molecule has 0 amide bonds. The van der Waals surface area contributed by atoms with E-state index in [1.807, 2.05) is 0 Å². The van der Waals surface area contributed by atoms with Crippen molar-refractivity contribution in [2.45, 2.75) is 30.6 Å². The fourth-order valence-electron chi connectivity index (χ4n) is 1.65. The van der Waals surface area contributed by atoms with Gasteiger partial charge in [-0.1, -0.05) is 6.92 Å². The summed E-state index contributed by atoms with van der Waals surface area (Å²) in [7, 11) is 0. The van der Waals surface area contributed by atoms with Crippen LogP contribution in [0.2, 0.25) is 0 Å². The van der Waals surface area contributed by atoms with Crippen LogP contribution in [0.5, 0.6) is 0 Å². The topological polar surface area (TPSA) is 0 Å². The number of hydrogen-bond donors (Lipinski definition) is 0. The van der Waals surface area contributed by atoms with E-state index in [9.17, 15) is 26.3 Å². The number of alkyl halides is 6. The van der Waals surface area contributed by atoms with Crippen LogP contribution >= 0.6 is 11.8 Å². The zero-order valence-electron chi connectivity index (χ0n) is 9.54. The minimum Gasteiger partial charge on any atom is -0.166 e. The molecule has 0 atom stereocenters. The average Bonchev–Trinajstić information content (AvgIpc) is 2.24. The molecule has 102 valence electrons. The van der Waals surface area contributed by atoms with Crippen molar-refractivity contribution < 1.29 is 26.3 Å². The molecule has 1 aromatic rings. The largest absolute Gasteiger partial charge is 0.416 e. The lowest BCUT2D eigenvalue weighted by atomic mass is 9.98. The van der Waals surface area contributed by atoms with Crippen molar-refractivity contribution in [1.82, 2.24) is 0 Å². The Morgan fingerprint density at radius 1 is 0.944 bits per heavy atom. The first-order valence-corrected chi connectivity index (χ1v) is 6.19. The van der Waals surface area contributed by atoms with Crippen LogP contribution in [0.4, 0.5) is 26.3 Å². The third-order valence-corrected chi connectivity index (χ3v) is 3.13. The highest BCUT2D eigenvalue weighted by molar-refractivity contribution is 7.98. The molecule has 1 rings (SSSR count). The number of halogens is 6. The van der Waals surface area contributed by atoms with Crippen molar-refractivity contribution in [3.63, 3.8) is 0 Å². The van der Waals surface area contributed by atoms with Crippen molar-refractivity contribution >= 4 is 11.8 Å². The van der Waals surface area contributed by atoms with Crippen LogP contribution in [-0.4, -0.2) is 6.26 Å². The van der Waals surface area contributed by atoms with E-state index >= 15 is 0 Å². The van der Waals surface area contributed by atoms with Crippen LogP contribution in [0.1, 0.15) is 23.6 Å². The standard InChI is InChI=1S/C11H10F6S/c1-3-7-8(10(12,13)14)4-6(18-2)5-9(7)11(15,16)17/h4-5H,3H2,1-2H3. The smallest absolute Gasteiger partial charge is 0.166 e. The summed E-state index contributed by atoms with van der Waals surface area (Å²) in [5.41, 5.74) is -3.11. The minimum atomic E-state index is -4.78. The van der Waals surface area contributed by atoms with Gasteiger partial charge < -0.3 is 0 Å². The van der Waals surface area contributed by atoms with Crippen molar-refractivity contribution in [2.75, 3.05) is 6.26 Å². The predicted octanol–water partition coefficient (Wildman–Crippen LogP) is 5.01. The van der Waals surface area contributed by atoms with Gasteiger partial charge >= 0.3 is 12.4 Å². The lowest BCUT2D eigenvalue weighted by Crippen LogP contribution is -2.16. The van der Waals surface area contributed by atoms with Crippen molar-refractivity contribution in [3.8, 4) is 0 Å².